The van der Waals surface area contributed by atoms with Gasteiger partial charge < -0.3 is 5.32 Å². The van der Waals surface area contributed by atoms with Crippen LogP contribution in [0.2, 0.25) is 5.02 Å². The van der Waals surface area contributed by atoms with Gasteiger partial charge in [-0.25, -0.2) is 0 Å². The van der Waals surface area contributed by atoms with Crippen molar-refractivity contribution in [3.63, 3.8) is 0 Å². The number of halogens is 2. The van der Waals surface area contributed by atoms with E-state index in [2.05, 4.69) is 59.4 Å². The van der Waals surface area contributed by atoms with Crippen LogP contribution < -0.4 is 5.32 Å². The molecule has 1 atom stereocenters. The SMILES string of the molecule is Cc1ccc(CNC(C)c2ccccc2Cl)cc1Br. The molecule has 0 saturated carbocycles. The predicted octanol–water partition coefficient (Wildman–Crippen LogP) is 5.26. The van der Waals surface area contributed by atoms with Crippen LogP contribution in [0.5, 0.6) is 0 Å². The molecule has 19 heavy (non-hydrogen) atoms. The zero-order chi connectivity index (χ0) is 13.8. The van der Waals surface area contributed by atoms with Crippen LogP contribution in [0.15, 0.2) is 46.9 Å². The minimum atomic E-state index is 0.230. The summed E-state index contributed by atoms with van der Waals surface area (Å²) in [5, 5.41) is 4.31. The van der Waals surface area contributed by atoms with E-state index in [1.165, 1.54) is 11.1 Å². The topological polar surface area (TPSA) is 12.0 Å². The van der Waals surface area contributed by atoms with Crippen molar-refractivity contribution in [2.45, 2.75) is 26.4 Å². The molecule has 100 valence electrons. The van der Waals surface area contributed by atoms with E-state index in [0.29, 0.717) is 0 Å². The maximum atomic E-state index is 6.20. The molecule has 0 aliphatic rings. The lowest BCUT2D eigenvalue weighted by molar-refractivity contribution is 0.575. The second-order valence-electron chi connectivity index (χ2n) is 4.71. The molecule has 0 fully saturated rings. The second-order valence-corrected chi connectivity index (χ2v) is 5.97. The number of nitrogens with one attached hydrogen (secondary N) is 1. The summed E-state index contributed by atoms with van der Waals surface area (Å²) >= 11 is 9.76. The highest BCUT2D eigenvalue weighted by atomic mass is 79.9. The van der Waals surface area contributed by atoms with Crippen molar-refractivity contribution in [3.8, 4) is 0 Å². The van der Waals surface area contributed by atoms with Gasteiger partial charge in [-0.3, -0.25) is 0 Å². The van der Waals surface area contributed by atoms with Gasteiger partial charge in [0.05, 0.1) is 0 Å². The summed E-state index contributed by atoms with van der Waals surface area (Å²) in [6.45, 7) is 5.05. The van der Waals surface area contributed by atoms with Gasteiger partial charge in [-0.15, -0.1) is 0 Å². The molecule has 0 saturated heterocycles. The van der Waals surface area contributed by atoms with Gasteiger partial charge in [0.2, 0.25) is 0 Å². The summed E-state index contributed by atoms with van der Waals surface area (Å²) < 4.78 is 1.15. The van der Waals surface area contributed by atoms with Gasteiger partial charge in [-0.2, -0.15) is 0 Å². The number of hydrogen-bond acceptors (Lipinski definition) is 1. The van der Waals surface area contributed by atoms with Gasteiger partial charge in [0, 0.05) is 22.1 Å². The normalized spacial score (nSPS) is 12.4. The van der Waals surface area contributed by atoms with Crippen LogP contribution in [-0.2, 0) is 6.54 Å². The average Bonchev–Trinajstić information content (AvgIpc) is 2.40. The van der Waals surface area contributed by atoms with Crippen molar-refractivity contribution in [3.05, 3.63) is 68.7 Å². The zero-order valence-corrected chi connectivity index (χ0v) is 13.4. The van der Waals surface area contributed by atoms with E-state index in [1.807, 2.05) is 18.2 Å². The first kappa shape index (κ1) is 14.6. The number of rotatable bonds is 4. The molecule has 0 aliphatic carbocycles. The monoisotopic (exact) mass is 337 g/mol. The van der Waals surface area contributed by atoms with Crippen LogP contribution in [-0.4, -0.2) is 0 Å². The van der Waals surface area contributed by atoms with Crippen molar-refractivity contribution in [2.24, 2.45) is 0 Å². The molecule has 0 aromatic heterocycles. The second kappa shape index (κ2) is 6.56. The quantitative estimate of drug-likeness (QED) is 0.801. The number of hydrogen-bond donors (Lipinski definition) is 1. The van der Waals surface area contributed by atoms with Gasteiger partial charge >= 0.3 is 0 Å². The summed E-state index contributed by atoms with van der Waals surface area (Å²) in [7, 11) is 0. The third-order valence-corrected chi connectivity index (χ3v) is 4.42. The van der Waals surface area contributed by atoms with E-state index in [0.717, 1.165) is 21.6 Å². The minimum absolute atomic E-state index is 0.230. The van der Waals surface area contributed by atoms with Crippen LogP contribution in [0.1, 0.15) is 29.7 Å². The van der Waals surface area contributed by atoms with E-state index < -0.39 is 0 Å². The molecule has 0 spiro atoms. The maximum Gasteiger partial charge on any atom is 0.0453 e. The first-order valence-electron chi connectivity index (χ1n) is 6.31. The highest BCUT2D eigenvalue weighted by molar-refractivity contribution is 9.10. The van der Waals surface area contributed by atoms with E-state index in [-0.39, 0.29) is 6.04 Å². The van der Waals surface area contributed by atoms with Crippen molar-refractivity contribution >= 4 is 27.5 Å². The Bertz CT molecular complexity index is 568. The fourth-order valence-electron chi connectivity index (χ4n) is 1.95. The highest BCUT2D eigenvalue weighted by Gasteiger charge is 2.08. The smallest absolute Gasteiger partial charge is 0.0453 e. The maximum absolute atomic E-state index is 6.20. The molecule has 2 aromatic carbocycles. The van der Waals surface area contributed by atoms with Gasteiger partial charge in [-0.1, -0.05) is 57.9 Å². The third-order valence-electron chi connectivity index (χ3n) is 3.22. The lowest BCUT2D eigenvalue weighted by atomic mass is 10.1. The lowest BCUT2D eigenvalue weighted by Crippen LogP contribution is -2.18. The van der Waals surface area contributed by atoms with E-state index in [1.54, 1.807) is 0 Å². The third kappa shape index (κ3) is 3.82. The fourth-order valence-corrected chi connectivity index (χ4v) is 2.68. The Morgan fingerprint density at radius 1 is 1.21 bits per heavy atom. The van der Waals surface area contributed by atoms with E-state index in [9.17, 15) is 0 Å². The zero-order valence-electron chi connectivity index (χ0n) is 11.1. The molecule has 1 N–H and O–H groups in total. The molecule has 0 bridgehead atoms. The number of benzene rings is 2. The molecule has 2 rings (SSSR count). The van der Waals surface area contributed by atoms with Crippen molar-refractivity contribution in [1.29, 1.82) is 0 Å². The van der Waals surface area contributed by atoms with Gasteiger partial charge in [0.15, 0.2) is 0 Å². The van der Waals surface area contributed by atoms with Crippen LogP contribution in [0, 0.1) is 6.92 Å². The Morgan fingerprint density at radius 3 is 2.63 bits per heavy atom. The Hall–Kier alpha value is -0.830. The van der Waals surface area contributed by atoms with Crippen LogP contribution in [0.25, 0.3) is 0 Å². The largest absolute Gasteiger partial charge is 0.306 e. The van der Waals surface area contributed by atoms with E-state index in [4.69, 9.17) is 11.6 Å². The Kier molecular flexibility index (Phi) is 5.03. The molecule has 1 nitrogen and oxygen atoms in total. The van der Waals surface area contributed by atoms with Gasteiger partial charge in [-0.05, 0) is 42.7 Å². The van der Waals surface area contributed by atoms with Crippen molar-refractivity contribution in [1.82, 2.24) is 5.32 Å². The molecule has 0 radical (unpaired) electrons. The molecule has 0 aliphatic heterocycles. The van der Waals surface area contributed by atoms with Gasteiger partial charge in [0.1, 0.15) is 0 Å². The highest BCUT2D eigenvalue weighted by Crippen LogP contribution is 2.23. The minimum Gasteiger partial charge on any atom is -0.306 e. The molecular formula is C16H17BrClN. The molecule has 3 heteroatoms. The van der Waals surface area contributed by atoms with E-state index >= 15 is 0 Å². The predicted molar refractivity (Wildman–Crippen MR) is 85.6 cm³/mol. The summed E-state index contributed by atoms with van der Waals surface area (Å²) in [4.78, 5) is 0. The van der Waals surface area contributed by atoms with Gasteiger partial charge in [0.25, 0.3) is 0 Å². The fraction of sp³-hybridized carbons (Fsp3) is 0.250. The van der Waals surface area contributed by atoms with Crippen LogP contribution in [0.4, 0.5) is 0 Å². The molecule has 2 aromatic rings. The summed E-state index contributed by atoms with van der Waals surface area (Å²) in [5.41, 5.74) is 3.65. The first-order chi connectivity index (χ1) is 9.08. The van der Waals surface area contributed by atoms with Crippen molar-refractivity contribution in [2.75, 3.05) is 0 Å². The lowest BCUT2D eigenvalue weighted by Gasteiger charge is -2.16. The Morgan fingerprint density at radius 2 is 1.95 bits per heavy atom. The van der Waals surface area contributed by atoms with Crippen LogP contribution >= 0.6 is 27.5 Å². The molecular weight excluding hydrogens is 322 g/mol. The Balaban J connectivity index is 2.02. The molecule has 0 amide bonds. The average molecular weight is 339 g/mol. The number of aryl methyl sites for hydroxylation is 1. The molecule has 1 unspecified atom stereocenters. The summed E-state index contributed by atoms with van der Waals surface area (Å²) in [6.07, 6.45) is 0. The Labute approximate surface area is 128 Å². The van der Waals surface area contributed by atoms with Crippen LogP contribution in [0.3, 0.4) is 0 Å². The summed E-state index contributed by atoms with van der Waals surface area (Å²) in [6, 6.07) is 14.6. The summed E-state index contributed by atoms with van der Waals surface area (Å²) in [5.74, 6) is 0. The molecule has 0 heterocycles. The standard InChI is InChI=1S/C16H17BrClN/c1-11-7-8-13(9-15(11)17)10-19-12(2)14-5-3-4-6-16(14)18/h3-9,12,19H,10H2,1-2H3. The van der Waals surface area contributed by atoms with Crippen molar-refractivity contribution < 1.29 is 0 Å². The first-order valence-corrected chi connectivity index (χ1v) is 7.48.